The van der Waals surface area contributed by atoms with Gasteiger partial charge in [-0.15, -0.1) is 6.42 Å². The summed E-state index contributed by atoms with van der Waals surface area (Å²) in [6.45, 7) is 0.603. The van der Waals surface area contributed by atoms with E-state index < -0.39 is 5.97 Å². The molecule has 3 N–H and O–H groups in total. The van der Waals surface area contributed by atoms with Gasteiger partial charge < -0.3 is 10.5 Å². The van der Waals surface area contributed by atoms with Gasteiger partial charge >= 0.3 is 5.97 Å². The van der Waals surface area contributed by atoms with Crippen LogP contribution in [0, 0.1) is 12.3 Å². The number of carbonyl (C=O) groups is 1. The molecule has 0 radical (unpaired) electrons. The summed E-state index contributed by atoms with van der Waals surface area (Å²) >= 11 is 0. The third-order valence-electron chi connectivity index (χ3n) is 0.718. The van der Waals surface area contributed by atoms with Crippen LogP contribution >= 0.6 is 0 Å². The molecular formula is C7H10NO2+. The van der Waals surface area contributed by atoms with Crippen LogP contribution in [0.15, 0.2) is 12.2 Å². The molecule has 0 aromatic carbocycles. The molecule has 0 aliphatic rings. The van der Waals surface area contributed by atoms with Gasteiger partial charge in [0.2, 0.25) is 0 Å². The lowest BCUT2D eigenvalue weighted by Gasteiger charge is -1.91. The van der Waals surface area contributed by atoms with Crippen molar-refractivity contribution in [3.8, 4) is 12.3 Å². The number of hydrogen-bond donors (Lipinski definition) is 1. The molecule has 0 bridgehead atoms. The van der Waals surface area contributed by atoms with E-state index in [9.17, 15) is 4.79 Å². The molecule has 0 aliphatic heterocycles. The minimum absolute atomic E-state index is 0.0281. The standard InChI is InChI=1S/C7H9NO2/c1-2-6-10-7(9)4-3-5-8/h1,3-4H,5-6,8H2/p+1/b4-3+. The maximum absolute atomic E-state index is 10.5. The summed E-state index contributed by atoms with van der Waals surface area (Å²) in [6, 6.07) is 0. The Balaban J connectivity index is 3.46. The van der Waals surface area contributed by atoms with Gasteiger partial charge in [0.05, 0.1) is 6.54 Å². The Kier molecular flexibility index (Phi) is 5.12. The third kappa shape index (κ3) is 4.88. The summed E-state index contributed by atoms with van der Waals surface area (Å²) in [7, 11) is 0. The average molecular weight is 140 g/mol. The maximum Gasteiger partial charge on any atom is 0.331 e. The topological polar surface area (TPSA) is 53.9 Å². The van der Waals surface area contributed by atoms with Crippen LogP contribution in [0.5, 0.6) is 0 Å². The summed E-state index contributed by atoms with van der Waals surface area (Å²) in [5.41, 5.74) is 3.50. The minimum Gasteiger partial charge on any atom is -0.449 e. The highest BCUT2D eigenvalue weighted by Crippen LogP contribution is 1.78. The van der Waals surface area contributed by atoms with Crippen molar-refractivity contribution in [1.82, 2.24) is 0 Å². The zero-order chi connectivity index (χ0) is 7.82. The molecule has 10 heavy (non-hydrogen) atoms. The van der Waals surface area contributed by atoms with Crippen LogP contribution in [0.4, 0.5) is 0 Å². The number of rotatable bonds is 3. The number of carbonyl (C=O) groups excluding carboxylic acids is 1. The summed E-state index contributed by atoms with van der Waals surface area (Å²) in [4.78, 5) is 10.5. The highest BCUT2D eigenvalue weighted by Gasteiger charge is 1.91. The van der Waals surface area contributed by atoms with E-state index >= 15 is 0 Å². The quantitative estimate of drug-likeness (QED) is 0.309. The number of quaternary nitrogens is 1. The zero-order valence-electron chi connectivity index (χ0n) is 5.67. The molecule has 0 atom stereocenters. The first kappa shape index (κ1) is 8.73. The molecule has 0 amide bonds. The summed E-state index contributed by atoms with van der Waals surface area (Å²) in [5, 5.41) is 0. The predicted octanol–water partition coefficient (Wildman–Crippen LogP) is -1.04. The number of esters is 1. The van der Waals surface area contributed by atoms with Gasteiger partial charge in [0.1, 0.15) is 0 Å². The van der Waals surface area contributed by atoms with E-state index in [1.54, 1.807) is 6.08 Å². The Morgan fingerprint density at radius 1 is 1.80 bits per heavy atom. The fourth-order valence-corrected chi connectivity index (χ4v) is 0.340. The largest absolute Gasteiger partial charge is 0.449 e. The molecule has 0 rings (SSSR count). The van der Waals surface area contributed by atoms with Crippen molar-refractivity contribution in [3.63, 3.8) is 0 Å². The van der Waals surface area contributed by atoms with Crippen LogP contribution < -0.4 is 5.73 Å². The molecule has 0 saturated heterocycles. The minimum atomic E-state index is -0.415. The molecule has 54 valence electrons. The van der Waals surface area contributed by atoms with Gasteiger partial charge in [0.15, 0.2) is 6.61 Å². The molecule has 0 saturated carbocycles. The first-order valence-electron chi connectivity index (χ1n) is 2.87. The molecule has 0 unspecified atom stereocenters. The molecule has 3 heteroatoms. The molecule has 0 aromatic heterocycles. The van der Waals surface area contributed by atoms with Crippen LogP contribution in [0.25, 0.3) is 0 Å². The fraction of sp³-hybridized carbons (Fsp3) is 0.286. The lowest BCUT2D eigenvalue weighted by molar-refractivity contribution is -0.352. The van der Waals surface area contributed by atoms with Crippen molar-refractivity contribution in [1.29, 1.82) is 0 Å². The van der Waals surface area contributed by atoms with Gasteiger partial charge in [-0.2, -0.15) is 0 Å². The van der Waals surface area contributed by atoms with Gasteiger partial charge in [-0.25, -0.2) is 4.79 Å². The molecular weight excluding hydrogens is 130 g/mol. The SMILES string of the molecule is C#CCOC(=O)/C=C/C[NH3+]. The van der Waals surface area contributed by atoms with Gasteiger partial charge in [0, 0.05) is 6.08 Å². The first-order chi connectivity index (χ1) is 4.81. The first-order valence-corrected chi connectivity index (χ1v) is 2.87. The van der Waals surface area contributed by atoms with E-state index in [-0.39, 0.29) is 6.61 Å². The molecule has 0 heterocycles. The summed E-state index contributed by atoms with van der Waals surface area (Å²) < 4.78 is 4.50. The highest BCUT2D eigenvalue weighted by molar-refractivity contribution is 5.81. The van der Waals surface area contributed by atoms with Crippen molar-refractivity contribution < 1.29 is 15.3 Å². The Bertz CT molecular complexity index is 167. The van der Waals surface area contributed by atoms with E-state index in [4.69, 9.17) is 6.42 Å². The van der Waals surface area contributed by atoms with Crippen molar-refractivity contribution in [3.05, 3.63) is 12.2 Å². The lowest BCUT2D eigenvalue weighted by Crippen LogP contribution is -2.49. The maximum atomic E-state index is 10.5. The summed E-state index contributed by atoms with van der Waals surface area (Å²) in [6.07, 6.45) is 7.76. The van der Waals surface area contributed by atoms with Gasteiger partial charge in [-0.05, 0) is 6.08 Å². The van der Waals surface area contributed by atoms with E-state index in [2.05, 4.69) is 16.4 Å². The monoisotopic (exact) mass is 140 g/mol. The fourth-order valence-electron chi connectivity index (χ4n) is 0.340. The Morgan fingerprint density at radius 3 is 3.00 bits per heavy atom. The van der Waals surface area contributed by atoms with Crippen molar-refractivity contribution in [2.75, 3.05) is 13.2 Å². The predicted molar refractivity (Wildman–Crippen MR) is 36.7 cm³/mol. The number of hydrogen-bond acceptors (Lipinski definition) is 2. The zero-order valence-corrected chi connectivity index (χ0v) is 5.67. The molecule has 0 spiro atoms. The van der Waals surface area contributed by atoms with Crippen LogP contribution in [0.2, 0.25) is 0 Å². The third-order valence-corrected chi connectivity index (χ3v) is 0.718. The number of terminal acetylenes is 1. The van der Waals surface area contributed by atoms with Crippen LogP contribution in [-0.4, -0.2) is 19.1 Å². The normalized spacial score (nSPS) is 9.20. The van der Waals surface area contributed by atoms with Crippen LogP contribution in [-0.2, 0) is 9.53 Å². The average Bonchev–Trinajstić information content (AvgIpc) is 1.97. The lowest BCUT2D eigenvalue weighted by atomic mass is 10.5. The second-order valence-electron chi connectivity index (χ2n) is 1.50. The number of ether oxygens (including phenoxy) is 1. The van der Waals surface area contributed by atoms with E-state index in [1.807, 2.05) is 0 Å². The van der Waals surface area contributed by atoms with Crippen molar-refractivity contribution >= 4 is 5.97 Å². The van der Waals surface area contributed by atoms with Crippen molar-refractivity contribution in [2.45, 2.75) is 0 Å². The Hall–Kier alpha value is -1.27. The molecule has 3 nitrogen and oxygen atoms in total. The second-order valence-corrected chi connectivity index (χ2v) is 1.50. The van der Waals surface area contributed by atoms with Gasteiger partial charge in [-0.3, -0.25) is 0 Å². The van der Waals surface area contributed by atoms with E-state index in [0.29, 0.717) is 6.54 Å². The van der Waals surface area contributed by atoms with Gasteiger partial charge in [-0.1, -0.05) is 5.92 Å². The van der Waals surface area contributed by atoms with E-state index in [1.165, 1.54) is 6.08 Å². The molecule has 0 aliphatic carbocycles. The van der Waals surface area contributed by atoms with Gasteiger partial charge in [0.25, 0.3) is 0 Å². The second kappa shape index (κ2) is 5.86. The van der Waals surface area contributed by atoms with Crippen LogP contribution in [0.1, 0.15) is 0 Å². The Morgan fingerprint density at radius 2 is 2.50 bits per heavy atom. The summed E-state index contributed by atoms with van der Waals surface area (Å²) in [5.74, 6) is 1.77. The Labute approximate surface area is 59.9 Å². The smallest absolute Gasteiger partial charge is 0.331 e. The van der Waals surface area contributed by atoms with E-state index in [0.717, 1.165) is 0 Å². The molecule has 0 fully saturated rings. The highest BCUT2D eigenvalue weighted by atomic mass is 16.5. The van der Waals surface area contributed by atoms with Crippen LogP contribution in [0.3, 0.4) is 0 Å². The van der Waals surface area contributed by atoms with Crippen molar-refractivity contribution in [2.24, 2.45) is 0 Å². The molecule has 0 aromatic rings.